The summed E-state index contributed by atoms with van der Waals surface area (Å²) in [5.74, 6) is -1.04. The van der Waals surface area contributed by atoms with Gasteiger partial charge in [-0.15, -0.1) is 11.6 Å². The van der Waals surface area contributed by atoms with Gasteiger partial charge in [-0.2, -0.15) is 0 Å². The highest BCUT2D eigenvalue weighted by Gasteiger charge is 2.29. The van der Waals surface area contributed by atoms with Crippen molar-refractivity contribution in [3.63, 3.8) is 0 Å². The molecule has 0 saturated heterocycles. The van der Waals surface area contributed by atoms with Crippen LogP contribution < -0.4 is 0 Å². The number of benzene rings is 1. The number of halogens is 2. The molecule has 1 rings (SSSR count). The zero-order valence-corrected chi connectivity index (χ0v) is 12.1. The van der Waals surface area contributed by atoms with E-state index in [-0.39, 0.29) is 22.3 Å². The van der Waals surface area contributed by atoms with Crippen LogP contribution in [0.15, 0.2) is 29.2 Å². The molecule has 4 nitrogen and oxygen atoms in total. The monoisotopic (exact) mass is 309 g/mol. The molecular weight excluding hydrogens is 297 g/mol. The fourth-order valence-electron chi connectivity index (χ4n) is 1.42. The van der Waals surface area contributed by atoms with Crippen molar-refractivity contribution in [1.29, 1.82) is 0 Å². The van der Waals surface area contributed by atoms with Crippen LogP contribution in [0, 0.1) is 0 Å². The highest BCUT2D eigenvalue weighted by atomic mass is 35.5. The number of carbonyl (C=O) groups is 1. The molecular formula is C11H13Cl2NO3S. The van der Waals surface area contributed by atoms with Gasteiger partial charge in [-0.1, -0.05) is 30.7 Å². The van der Waals surface area contributed by atoms with Crippen LogP contribution in [-0.4, -0.2) is 31.1 Å². The van der Waals surface area contributed by atoms with Crippen molar-refractivity contribution < 1.29 is 13.2 Å². The highest BCUT2D eigenvalue weighted by Crippen LogP contribution is 2.24. The number of hydrogen-bond acceptors (Lipinski definition) is 3. The summed E-state index contributed by atoms with van der Waals surface area (Å²) in [6.07, 6.45) is 0.506. The van der Waals surface area contributed by atoms with Gasteiger partial charge in [-0.3, -0.25) is 4.79 Å². The van der Waals surface area contributed by atoms with Gasteiger partial charge in [0.15, 0.2) is 0 Å². The Morgan fingerprint density at radius 1 is 1.33 bits per heavy atom. The predicted molar refractivity (Wildman–Crippen MR) is 71.4 cm³/mol. The number of rotatable bonds is 5. The van der Waals surface area contributed by atoms with Crippen molar-refractivity contribution in [3.8, 4) is 0 Å². The van der Waals surface area contributed by atoms with E-state index in [9.17, 15) is 13.2 Å². The summed E-state index contributed by atoms with van der Waals surface area (Å²) in [5.41, 5.74) is 0. The summed E-state index contributed by atoms with van der Waals surface area (Å²) in [4.78, 5) is 11.5. The van der Waals surface area contributed by atoms with Crippen molar-refractivity contribution >= 4 is 39.1 Å². The van der Waals surface area contributed by atoms with E-state index in [4.69, 9.17) is 23.2 Å². The van der Waals surface area contributed by atoms with E-state index in [1.54, 1.807) is 19.1 Å². The molecule has 0 unspecified atom stereocenters. The first-order valence-electron chi connectivity index (χ1n) is 5.31. The molecule has 0 aliphatic rings. The number of carbonyl (C=O) groups excluding carboxylic acids is 1. The third-order valence-electron chi connectivity index (χ3n) is 2.22. The van der Waals surface area contributed by atoms with Crippen LogP contribution >= 0.6 is 23.2 Å². The Balaban J connectivity index is 3.26. The molecule has 1 amide bonds. The van der Waals surface area contributed by atoms with Crippen molar-refractivity contribution in [2.24, 2.45) is 0 Å². The molecule has 0 heterocycles. The van der Waals surface area contributed by atoms with Crippen molar-refractivity contribution in [2.45, 2.75) is 18.2 Å². The molecule has 1 aromatic rings. The number of hydrogen-bond donors (Lipinski definition) is 0. The van der Waals surface area contributed by atoms with Crippen LogP contribution in [0.3, 0.4) is 0 Å². The Bertz CT molecular complexity index is 531. The van der Waals surface area contributed by atoms with Crippen LogP contribution in [-0.2, 0) is 14.8 Å². The second-order valence-corrected chi connectivity index (χ2v) is 6.04. The molecule has 0 saturated carbocycles. The van der Waals surface area contributed by atoms with Gasteiger partial charge in [0, 0.05) is 6.54 Å². The van der Waals surface area contributed by atoms with Gasteiger partial charge >= 0.3 is 0 Å². The zero-order chi connectivity index (χ0) is 13.8. The first kappa shape index (κ1) is 15.3. The van der Waals surface area contributed by atoms with E-state index in [2.05, 4.69) is 0 Å². The Morgan fingerprint density at radius 2 is 1.94 bits per heavy atom. The minimum atomic E-state index is -3.94. The molecule has 0 aliphatic carbocycles. The largest absolute Gasteiger partial charge is 0.272 e. The molecule has 0 fully saturated rings. The normalized spacial score (nSPS) is 11.3. The second kappa shape index (κ2) is 6.41. The van der Waals surface area contributed by atoms with E-state index in [1.807, 2.05) is 0 Å². The molecule has 7 heteroatoms. The van der Waals surface area contributed by atoms with Crippen LogP contribution in [0.1, 0.15) is 13.3 Å². The van der Waals surface area contributed by atoms with Crippen molar-refractivity contribution in [3.05, 3.63) is 29.3 Å². The molecule has 0 atom stereocenters. The van der Waals surface area contributed by atoms with Crippen LogP contribution in [0.5, 0.6) is 0 Å². The minimum absolute atomic E-state index is 0.0825. The minimum Gasteiger partial charge on any atom is -0.272 e. The van der Waals surface area contributed by atoms with E-state index < -0.39 is 15.9 Å². The van der Waals surface area contributed by atoms with Crippen LogP contribution in [0.25, 0.3) is 0 Å². The molecule has 0 N–H and O–H groups in total. The molecule has 0 radical (unpaired) electrons. The first-order chi connectivity index (χ1) is 8.45. The first-order valence-corrected chi connectivity index (χ1v) is 7.66. The maximum atomic E-state index is 12.3. The van der Waals surface area contributed by atoms with Crippen LogP contribution in [0.2, 0.25) is 5.02 Å². The summed E-state index contributed by atoms with van der Waals surface area (Å²) >= 11 is 11.3. The maximum absolute atomic E-state index is 12.3. The molecule has 0 aromatic heterocycles. The average Bonchev–Trinajstić information content (AvgIpc) is 2.35. The smallest absolute Gasteiger partial charge is 0.268 e. The lowest BCUT2D eigenvalue weighted by Gasteiger charge is -2.21. The molecule has 18 heavy (non-hydrogen) atoms. The average molecular weight is 310 g/mol. The number of sulfonamides is 1. The van der Waals surface area contributed by atoms with Gasteiger partial charge in [0.25, 0.3) is 15.9 Å². The van der Waals surface area contributed by atoms with E-state index in [0.717, 1.165) is 4.31 Å². The number of amides is 1. The quantitative estimate of drug-likeness (QED) is 0.785. The summed E-state index contributed by atoms with van der Waals surface area (Å²) < 4.78 is 25.4. The van der Waals surface area contributed by atoms with Crippen molar-refractivity contribution in [2.75, 3.05) is 12.4 Å². The molecule has 0 spiro atoms. The van der Waals surface area contributed by atoms with Gasteiger partial charge < -0.3 is 0 Å². The van der Waals surface area contributed by atoms with E-state index in [0.29, 0.717) is 6.42 Å². The van der Waals surface area contributed by atoms with Gasteiger partial charge in [0.2, 0.25) is 0 Å². The lowest BCUT2D eigenvalue weighted by molar-refractivity contribution is -0.123. The third-order valence-corrected chi connectivity index (χ3v) is 4.77. The van der Waals surface area contributed by atoms with Crippen LogP contribution in [0.4, 0.5) is 0 Å². The molecule has 0 aliphatic heterocycles. The van der Waals surface area contributed by atoms with Crippen molar-refractivity contribution in [1.82, 2.24) is 4.31 Å². The fourth-order valence-corrected chi connectivity index (χ4v) is 3.62. The van der Waals surface area contributed by atoms with Gasteiger partial charge in [0.05, 0.1) is 5.02 Å². The Morgan fingerprint density at radius 3 is 2.44 bits per heavy atom. The Kier molecular flexibility index (Phi) is 5.44. The Labute approximate surface area is 117 Å². The number of nitrogens with zero attached hydrogens (tertiary/aromatic N) is 1. The number of alkyl halides is 1. The predicted octanol–water partition coefficient (Wildman–Crippen LogP) is 2.51. The lowest BCUT2D eigenvalue weighted by Crippen LogP contribution is -2.38. The topological polar surface area (TPSA) is 54.5 Å². The van der Waals surface area contributed by atoms with E-state index >= 15 is 0 Å². The van der Waals surface area contributed by atoms with E-state index in [1.165, 1.54) is 12.1 Å². The van der Waals surface area contributed by atoms with Gasteiger partial charge in [-0.05, 0) is 18.6 Å². The van der Waals surface area contributed by atoms with Gasteiger partial charge in [-0.25, -0.2) is 12.7 Å². The summed E-state index contributed by atoms with van der Waals surface area (Å²) in [6, 6.07) is 5.99. The Hall–Kier alpha value is -0.780. The molecule has 100 valence electrons. The summed E-state index contributed by atoms with van der Waals surface area (Å²) in [6.45, 7) is 1.86. The maximum Gasteiger partial charge on any atom is 0.268 e. The SMILES string of the molecule is CCCN(C(=O)CCl)S(=O)(=O)c1ccccc1Cl. The summed E-state index contributed by atoms with van der Waals surface area (Å²) in [7, 11) is -3.94. The standard InChI is InChI=1S/C11H13Cl2NO3S/c1-2-7-14(11(15)8-12)18(16,17)10-6-4-3-5-9(10)13/h3-6H,2,7-8H2,1H3. The second-order valence-electron chi connectivity index (χ2n) is 3.53. The molecule has 1 aromatic carbocycles. The van der Waals surface area contributed by atoms with Gasteiger partial charge in [0.1, 0.15) is 10.8 Å². The fraction of sp³-hybridized carbons (Fsp3) is 0.364. The zero-order valence-electron chi connectivity index (χ0n) is 9.77. The lowest BCUT2D eigenvalue weighted by atomic mass is 10.4. The highest BCUT2D eigenvalue weighted by molar-refractivity contribution is 7.89. The molecule has 0 bridgehead atoms. The summed E-state index contributed by atoms with van der Waals surface area (Å²) in [5, 5.41) is 0.0842. The third kappa shape index (κ3) is 3.16.